The van der Waals surface area contributed by atoms with Crippen molar-refractivity contribution in [2.24, 2.45) is 10.9 Å². The van der Waals surface area contributed by atoms with Crippen LogP contribution in [0, 0.1) is 5.92 Å². The molecule has 0 atom stereocenters. The van der Waals surface area contributed by atoms with Gasteiger partial charge in [-0.25, -0.2) is 9.98 Å². The minimum atomic E-state index is 0. The van der Waals surface area contributed by atoms with E-state index in [2.05, 4.69) is 41.3 Å². The molecule has 0 spiro atoms. The molecule has 29 heavy (non-hydrogen) atoms. The topological polar surface area (TPSA) is 71.0 Å². The molecule has 0 amide bonds. The van der Waals surface area contributed by atoms with Crippen molar-refractivity contribution < 1.29 is 9.47 Å². The lowest BCUT2D eigenvalue weighted by atomic mass is 10.0. The molecule has 0 bridgehead atoms. The van der Waals surface area contributed by atoms with Gasteiger partial charge in [-0.05, 0) is 51.2 Å². The monoisotopic (exact) mass is 517 g/mol. The quantitative estimate of drug-likeness (QED) is 0.298. The number of hydrogen-bond acceptors (Lipinski definition) is 5. The molecule has 1 saturated carbocycles. The Morgan fingerprint density at radius 1 is 1.31 bits per heavy atom. The third-order valence-corrected chi connectivity index (χ3v) is 5.28. The van der Waals surface area contributed by atoms with Gasteiger partial charge in [-0.3, -0.25) is 4.90 Å². The van der Waals surface area contributed by atoms with Crippen molar-refractivity contribution in [1.29, 1.82) is 0 Å². The van der Waals surface area contributed by atoms with E-state index in [4.69, 9.17) is 14.5 Å². The van der Waals surface area contributed by atoms with Crippen LogP contribution in [0.25, 0.3) is 0 Å². The molecular weight excluding hydrogens is 481 g/mol. The van der Waals surface area contributed by atoms with E-state index in [0.29, 0.717) is 12.4 Å². The Balaban J connectivity index is 0.00000300. The summed E-state index contributed by atoms with van der Waals surface area (Å²) in [5.74, 6) is 2.26. The lowest BCUT2D eigenvalue weighted by Crippen LogP contribution is -2.56. The molecule has 2 aliphatic rings. The minimum Gasteiger partial charge on any atom is -0.477 e. The molecular formula is C21H36IN5O2. The van der Waals surface area contributed by atoms with E-state index in [0.717, 1.165) is 63.4 Å². The highest BCUT2D eigenvalue weighted by atomic mass is 127. The van der Waals surface area contributed by atoms with E-state index in [9.17, 15) is 0 Å². The molecule has 164 valence electrons. The van der Waals surface area contributed by atoms with Gasteiger partial charge in [-0.2, -0.15) is 0 Å². The smallest absolute Gasteiger partial charge is 0.213 e. The normalized spacial score (nSPS) is 18.1. The Bertz CT molecular complexity index is 646. The standard InChI is InChI=1S/C21H35N5O2.HI/c1-4-22-20(25-16-21(2,3)26-9-11-27-12-10-26)24-14-18-7-8-23-19(13-18)28-15-17-5-6-17;/h7-8,13,17H,4-6,9-12,14-16H2,1-3H3,(H2,22,24,25);1H. The number of pyridine rings is 1. The van der Waals surface area contributed by atoms with E-state index in [1.54, 1.807) is 6.20 Å². The number of aliphatic imine (C=N–C) groups is 1. The molecule has 8 heteroatoms. The van der Waals surface area contributed by atoms with Crippen LogP contribution in [0.4, 0.5) is 0 Å². The maximum atomic E-state index is 5.78. The molecule has 2 fully saturated rings. The molecule has 0 aromatic carbocycles. The summed E-state index contributed by atoms with van der Waals surface area (Å²) < 4.78 is 11.3. The second-order valence-electron chi connectivity index (χ2n) is 8.22. The molecule has 1 aliphatic carbocycles. The van der Waals surface area contributed by atoms with Crippen molar-refractivity contribution >= 4 is 29.9 Å². The zero-order valence-electron chi connectivity index (χ0n) is 17.9. The molecule has 0 radical (unpaired) electrons. The van der Waals surface area contributed by atoms with Crippen LogP contribution < -0.4 is 15.4 Å². The van der Waals surface area contributed by atoms with E-state index in [1.165, 1.54) is 12.8 Å². The van der Waals surface area contributed by atoms with Crippen LogP contribution >= 0.6 is 24.0 Å². The lowest BCUT2D eigenvalue weighted by molar-refractivity contribution is -0.00834. The van der Waals surface area contributed by atoms with Crippen LogP contribution in [0.15, 0.2) is 23.3 Å². The van der Waals surface area contributed by atoms with Crippen LogP contribution in [0.1, 0.15) is 39.2 Å². The number of nitrogens with one attached hydrogen (secondary N) is 2. The van der Waals surface area contributed by atoms with Crippen molar-refractivity contribution in [2.75, 3.05) is 46.0 Å². The van der Waals surface area contributed by atoms with E-state index >= 15 is 0 Å². The summed E-state index contributed by atoms with van der Waals surface area (Å²) in [6.45, 7) is 13.2. The Labute approximate surface area is 192 Å². The third kappa shape index (κ3) is 8.25. The zero-order valence-corrected chi connectivity index (χ0v) is 20.3. The highest BCUT2D eigenvalue weighted by molar-refractivity contribution is 14.0. The van der Waals surface area contributed by atoms with Gasteiger partial charge in [-0.1, -0.05) is 0 Å². The van der Waals surface area contributed by atoms with Gasteiger partial charge >= 0.3 is 0 Å². The fourth-order valence-corrected chi connectivity index (χ4v) is 3.21. The van der Waals surface area contributed by atoms with Gasteiger partial charge in [0.2, 0.25) is 5.88 Å². The number of ether oxygens (including phenoxy) is 2. The summed E-state index contributed by atoms with van der Waals surface area (Å²) in [6.07, 6.45) is 4.36. The second-order valence-corrected chi connectivity index (χ2v) is 8.22. The van der Waals surface area contributed by atoms with Crippen molar-refractivity contribution in [3.8, 4) is 5.88 Å². The molecule has 2 heterocycles. The second kappa shape index (κ2) is 11.9. The molecule has 3 rings (SSSR count). The fraction of sp³-hybridized carbons (Fsp3) is 0.714. The van der Waals surface area contributed by atoms with Crippen LogP contribution in [0.3, 0.4) is 0 Å². The summed E-state index contributed by atoms with van der Waals surface area (Å²) in [6, 6.07) is 3.99. The van der Waals surface area contributed by atoms with E-state index in [-0.39, 0.29) is 29.5 Å². The van der Waals surface area contributed by atoms with E-state index < -0.39 is 0 Å². The Morgan fingerprint density at radius 2 is 2.07 bits per heavy atom. The maximum Gasteiger partial charge on any atom is 0.213 e. The Hall–Kier alpha value is -1.13. The first-order chi connectivity index (χ1) is 13.6. The van der Waals surface area contributed by atoms with Crippen molar-refractivity contribution in [3.05, 3.63) is 23.9 Å². The highest BCUT2D eigenvalue weighted by Gasteiger charge is 2.28. The SMILES string of the molecule is CCNC(=NCc1ccnc(OCC2CC2)c1)NCC(C)(C)N1CCOCC1.I. The summed E-state index contributed by atoms with van der Waals surface area (Å²) in [5, 5.41) is 6.84. The summed E-state index contributed by atoms with van der Waals surface area (Å²) in [7, 11) is 0. The number of halogens is 1. The molecule has 1 saturated heterocycles. The lowest BCUT2D eigenvalue weighted by Gasteiger charge is -2.41. The first-order valence-corrected chi connectivity index (χ1v) is 10.5. The minimum absolute atomic E-state index is 0. The van der Waals surface area contributed by atoms with E-state index in [1.807, 2.05) is 12.1 Å². The van der Waals surface area contributed by atoms with Crippen molar-refractivity contribution in [3.63, 3.8) is 0 Å². The average molecular weight is 517 g/mol. The molecule has 1 aliphatic heterocycles. The molecule has 2 N–H and O–H groups in total. The molecule has 1 aromatic heterocycles. The van der Waals surface area contributed by atoms with Gasteiger partial charge in [0.15, 0.2) is 5.96 Å². The van der Waals surface area contributed by atoms with Gasteiger partial charge in [0.1, 0.15) is 0 Å². The molecule has 1 aromatic rings. The number of rotatable bonds is 9. The third-order valence-electron chi connectivity index (χ3n) is 5.28. The van der Waals surface area contributed by atoms with Gasteiger partial charge in [0.05, 0.1) is 26.4 Å². The van der Waals surface area contributed by atoms with Gasteiger partial charge in [0.25, 0.3) is 0 Å². The largest absolute Gasteiger partial charge is 0.477 e. The van der Waals surface area contributed by atoms with Crippen LogP contribution in [-0.4, -0.2) is 67.4 Å². The number of nitrogens with zero attached hydrogens (tertiary/aromatic N) is 3. The van der Waals surface area contributed by atoms with Crippen molar-refractivity contribution in [1.82, 2.24) is 20.5 Å². The predicted molar refractivity (Wildman–Crippen MR) is 127 cm³/mol. The van der Waals surface area contributed by atoms with Gasteiger partial charge in [0, 0.05) is 44.0 Å². The summed E-state index contributed by atoms with van der Waals surface area (Å²) in [5.41, 5.74) is 1.14. The molecule has 0 unspecified atom stereocenters. The first-order valence-electron chi connectivity index (χ1n) is 10.5. The first kappa shape index (κ1) is 24.1. The van der Waals surface area contributed by atoms with Crippen LogP contribution in [-0.2, 0) is 11.3 Å². The van der Waals surface area contributed by atoms with Gasteiger partial charge in [-0.15, -0.1) is 24.0 Å². The maximum absolute atomic E-state index is 5.78. The average Bonchev–Trinajstić information content (AvgIpc) is 3.54. The van der Waals surface area contributed by atoms with Crippen LogP contribution in [0.2, 0.25) is 0 Å². The zero-order chi connectivity index (χ0) is 19.8. The summed E-state index contributed by atoms with van der Waals surface area (Å²) in [4.78, 5) is 11.5. The van der Waals surface area contributed by atoms with Crippen molar-refractivity contribution in [2.45, 2.75) is 45.7 Å². The predicted octanol–water partition coefficient (Wildman–Crippen LogP) is 2.65. The molecule has 7 nitrogen and oxygen atoms in total. The highest BCUT2D eigenvalue weighted by Crippen LogP contribution is 2.29. The van der Waals surface area contributed by atoms with Gasteiger partial charge < -0.3 is 20.1 Å². The van der Waals surface area contributed by atoms with Crippen LogP contribution in [0.5, 0.6) is 5.88 Å². The number of guanidine groups is 1. The fourth-order valence-electron chi connectivity index (χ4n) is 3.21. The Kier molecular flexibility index (Phi) is 9.91. The Morgan fingerprint density at radius 3 is 2.76 bits per heavy atom. The number of hydrogen-bond donors (Lipinski definition) is 2. The number of morpholine rings is 1. The summed E-state index contributed by atoms with van der Waals surface area (Å²) >= 11 is 0. The number of aromatic nitrogens is 1.